The van der Waals surface area contributed by atoms with E-state index in [9.17, 15) is 21.6 Å². The molecule has 0 aliphatic carbocycles. The van der Waals surface area contributed by atoms with Gasteiger partial charge >= 0.3 is 6.18 Å². The summed E-state index contributed by atoms with van der Waals surface area (Å²) in [6.07, 6.45) is 2.10. The molecule has 9 nitrogen and oxygen atoms in total. The van der Waals surface area contributed by atoms with Gasteiger partial charge < -0.3 is 10.7 Å². The highest BCUT2D eigenvalue weighted by atomic mass is 32.2. The van der Waals surface area contributed by atoms with Gasteiger partial charge in [-0.15, -0.1) is 0 Å². The summed E-state index contributed by atoms with van der Waals surface area (Å²) in [5.41, 5.74) is 6.61. The number of aromatic nitrogens is 6. The van der Waals surface area contributed by atoms with Gasteiger partial charge in [0.05, 0.1) is 12.5 Å². The lowest BCUT2D eigenvalue weighted by molar-refractivity contribution is -0.149. The first-order chi connectivity index (χ1) is 14.3. The molecule has 0 spiro atoms. The Balaban J connectivity index is 1.68. The Bertz CT molecular complexity index is 1260. The number of halogens is 3. The maximum absolute atomic E-state index is 12.7. The van der Waals surface area contributed by atoms with Crippen LogP contribution in [-0.4, -0.2) is 44.3 Å². The second kappa shape index (κ2) is 7.50. The number of rotatable bonds is 5. The van der Waals surface area contributed by atoms with Crippen molar-refractivity contribution >= 4 is 21.9 Å². The number of fused-ring (bicyclic) bond motifs is 1. The fourth-order valence-corrected chi connectivity index (χ4v) is 3.83. The Hall–Kier alpha value is -3.32. The molecule has 0 aliphatic rings. The molecule has 2 atom stereocenters. The number of hydrogen-bond donors (Lipinski definition) is 3. The molecule has 30 heavy (non-hydrogen) atoms. The van der Waals surface area contributed by atoms with E-state index in [0.717, 1.165) is 6.20 Å². The Morgan fingerprint density at radius 3 is 2.53 bits per heavy atom. The van der Waals surface area contributed by atoms with Crippen LogP contribution in [0.15, 0.2) is 49.3 Å². The summed E-state index contributed by atoms with van der Waals surface area (Å²) in [6.45, 7) is 0. The Labute approximate surface area is 168 Å². The molecule has 0 bridgehead atoms. The minimum Gasteiger partial charge on any atom is -0.329 e. The molecule has 4 heterocycles. The number of nitrogens with one attached hydrogen (secondary N) is 1. The van der Waals surface area contributed by atoms with Crippen LogP contribution >= 0.6 is 0 Å². The largest absolute Gasteiger partial charge is 0.407 e. The van der Waals surface area contributed by atoms with E-state index in [1.807, 2.05) is 0 Å². The molecule has 4 rings (SSSR count). The monoisotopic (exact) mass is 437 g/mol. The molecular weight excluding hydrogens is 423 g/mol. The van der Waals surface area contributed by atoms with Gasteiger partial charge in [0, 0.05) is 29.7 Å². The lowest BCUT2D eigenvalue weighted by Crippen LogP contribution is -2.28. The molecule has 0 saturated carbocycles. The maximum atomic E-state index is 12.7. The Morgan fingerprint density at radius 2 is 1.87 bits per heavy atom. The van der Waals surface area contributed by atoms with Crippen LogP contribution in [0.1, 0.15) is 28.0 Å². The third-order valence-corrected chi connectivity index (χ3v) is 5.49. The lowest BCUT2D eigenvalue weighted by atomic mass is 10.1. The molecule has 0 amide bonds. The van der Waals surface area contributed by atoms with Crippen molar-refractivity contribution in [2.24, 2.45) is 5.73 Å². The van der Waals surface area contributed by atoms with E-state index < -0.39 is 28.2 Å². The van der Waals surface area contributed by atoms with Crippen molar-refractivity contribution in [3.63, 3.8) is 0 Å². The van der Waals surface area contributed by atoms with Crippen molar-refractivity contribution in [1.82, 2.24) is 29.7 Å². The van der Waals surface area contributed by atoms with Gasteiger partial charge in [-0.1, -0.05) is 6.07 Å². The summed E-state index contributed by atoms with van der Waals surface area (Å²) in [5.74, 6) is 0.207. The molecule has 0 aliphatic heterocycles. The minimum atomic E-state index is -4.59. The minimum absolute atomic E-state index is 0.197. The van der Waals surface area contributed by atoms with Gasteiger partial charge in [0.1, 0.15) is 16.8 Å². The average molecular weight is 437 g/mol. The zero-order valence-electron chi connectivity index (χ0n) is 15.0. The lowest BCUT2D eigenvalue weighted by Gasteiger charge is -2.15. The van der Waals surface area contributed by atoms with Crippen LogP contribution in [0.4, 0.5) is 13.2 Å². The molecule has 4 aromatic heterocycles. The Kier molecular flexibility index (Phi) is 4.99. The zero-order chi connectivity index (χ0) is 21.5. The first-order valence-corrected chi connectivity index (χ1v) is 9.75. The second-order valence-corrected chi connectivity index (χ2v) is 7.46. The predicted octanol–water partition coefficient (Wildman–Crippen LogP) is 1.80. The van der Waals surface area contributed by atoms with Gasteiger partial charge in [-0.25, -0.2) is 28.1 Å². The van der Waals surface area contributed by atoms with Crippen LogP contribution in [0, 0.1) is 0 Å². The molecule has 0 radical (unpaired) electrons. The van der Waals surface area contributed by atoms with Crippen molar-refractivity contribution in [1.29, 1.82) is 0 Å². The van der Waals surface area contributed by atoms with Crippen LogP contribution in [-0.2, 0) is 10.7 Å². The third kappa shape index (κ3) is 3.64. The molecule has 0 fully saturated rings. The van der Waals surface area contributed by atoms with Crippen LogP contribution in [0.2, 0.25) is 0 Å². The number of hydrogen-bond acceptors (Lipinski definition) is 7. The summed E-state index contributed by atoms with van der Waals surface area (Å²) >= 11 is 0. The second-order valence-electron chi connectivity index (χ2n) is 6.38. The fourth-order valence-electron chi connectivity index (χ4n) is 3.01. The molecule has 156 valence electrons. The van der Waals surface area contributed by atoms with E-state index in [4.69, 9.17) is 5.73 Å². The van der Waals surface area contributed by atoms with Crippen LogP contribution in [0.25, 0.3) is 17.0 Å². The fraction of sp³-hybridized carbons (Fsp3) is 0.176. The van der Waals surface area contributed by atoms with E-state index in [1.54, 1.807) is 6.07 Å². The first kappa shape index (κ1) is 20.0. The highest BCUT2D eigenvalue weighted by Crippen LogP contribution is 2.31. The molecule has 13 heteroatoms. The smallest absolute Gasteiger partial charge is 0.329 e. The molecule has 4 aromatic rings. The number of pyridine rings is 2. The highest BCUT2D eigenvalue weighted by Gasteiger charge is 2.38. The van der Waals surface area contributed by atoms with E-state index in [2.05, 4.69) is 25.0 Å². The normalized spacial score (nSPS) is 14.3. The third-order valence-electron chi connectivity index (χ3n) is 4.49. The maximum Gasteiger partial charge on any atom is 0.407 e. The van der Waals surface area contributed by atoms with Gasteiger partial charge in [-0.2, -0.15) is 18.3 Å². The summed E-state index contributed by atoms with van der Waals surface area (Å²) < 4.78 is 63.5. The van der Waals surface area contributed by atoms with E-state index >= 15 is 0 Å². The number of imidazole rings is 1. The van der Waals surface area contributed by atoms with Crippen molar-refractivity contribution in [2.75, 3.05) is 0 Å². The van der Waals surface area contributed by atoms with Crippen molar-refractivity contribution < 1.29 is 21.6 Å². The van der Waals surface area contributed by atoms with Crippen LogP contribution in [0.5, 0.6) is 0 Å². The summed E-state index contributed by atoms with van der Waals surface area (Å²) in [5, 5.41) is 3.05. The quantitative estimate of drug-likeness (QED) is 0.406. The van der Waals surface area contributed by atoms with Crippen LogP contribution < -0.4 is 5.73 Å². The van der Waals surface area contributed by atoms with Crippen molar-refractivity contribution in [3.05, 3.63) is 66.0 Å². The number of aromatic amines is 1. The van der Waals surface area contributed by atoms with E-state index in [1.165, 1.54) is 41.7 Å². The molecule has 3 N–H and O–H groups in total. The van der Waals surface area contributed by atoms with Gasteiger partial charge in [-0.3, -0.25) is 0 Å². The van der Waals surface area contributed by atoms with Crippen molar-refractivity contribution in [3.8, 4) is 5.82 Å². The van der Waals surface area contributed by atoms with Crippen molar-refractivity contribution in [2.45, 2.75) is 17.5 Å². The SMILES string of the molecule is NC(c1ccc(-n2cc(C(c3ccnc4[nH]cnc34)[SH](=O)=O)cn2)nc1)C(F)(F)F. The number of nitrogens with two attached hydrogens (primary N) is 1. The Morgan fingerprint density at radius 1 is 1.07 bits per heavy atom. The topological polar surface area (TPSA) is 132 Å². The molecule has 0 saturated heterocycles. The highest BCUT2D eigenvalue weighted by molar-refractivity contribution is 7.73. The summed E-state index contributed by atoms with van der Waals surface area (Å²) in [7, 11) is -2.95. The van der Waals surface area contributed by atoms with Gasteiger partial charge in [0.2, 0.25) is 0 Å². The summed E-state index contributed by atoms with van der Waals surface area (Å²) in [6, 6.07) is 1.93. The predicted molar refractivity (Wildman–Crippen MR) is 100 cm³/mol. The standard InChI is InChI=1S/C17H14F3N7O2S/c18-17(19,20)15(21)9-1-2-12(23-5-9)27-7-10(6-26-27)14(30(28)29)11-3-4-22-16-13(11)24-8-25-16/h1-8,14-15,30H,21H2,(H,22,24,25). The van der Waals surface area contributed by atoms with Gasteiger partial charge in [0.25, 0.3) is 0 Å². The molecule has 0 aromatic carbocycles. The number of H-pyrrole nitrogens is 1. The summed E-state index contributed by atoms with van der Waals surface area (Å²) in [4.78, 5) is 15.0. The van der Waals surface area contributed by atoms with E-state index in [0.29, 0.717) is 22.3 Å². The first-order valence-electron chi connectivity index (χ1n) is 8.50. The number of thiol groups is 1. The number of alkyl halides is 3. The van der Waals surface area contributed by atoms with Gasteiger partial charge in [-0.05, 0) is 17.7 Å². The van der Waals surface area contributed by atoms with E-state index in [-0.39, 0.29) is 11.4 Å². The molecular formula is C17H14F3N7O2S. The van der Waals surface area contributed by atoms with Crippen LogP contribution in [0.3, 0.4) is 0 Å². The zero-order valence-corrected chi connectivity index (χ0v) is 15.9. The molecule has 2 unspecified atom stereocenters. The number of nitrogens with zero attached hydrogens (tertiary/aromatic N) is 5. The van der Waals surface area contributed by atoms with Gasteiger partial charge in [0.15, 0.2) is 22.2 Å². The average Bonchev–Trinajstić information content (AvgIpc) is 3.37.